The Balaban J connectivity index is 1.78. The lowest BCUT2D eigenvalue weighted by Crippen LogP contribution is -2.40. The van der Waals surface area contributed by atoms with Crippen molar-refractivity contribution in [3.05, 3.63) is 53.4 Å². The van der Waals surface area contributed by atoms with Crippen molar-refractivity contribution in [2.75, 3.05) is 31.6 Å². The van der Waals surface area contributed by atoms with Crippen LogP contribution in [0.1, 0.15) is 15.9 Å². The number of aromatic nitrogens is 2. The maximum Gasteiger partial charge on any atom is 0.256 e. The summed E-state index contributed by atoms with van der Waals surface area (Å²) in [5, 5.41) is 3.74. The lowest BCUT2D eigenvalue weighted by atomic mass is 10.1. The van der Waals surface area contributed by atoms with E-state index in [1.54, 1.807) is 4.90 Å². The third-order valence-electron chi connectivity index (χ3n) is 4.84. The van der Waals surface area contributed by atoms with Crippen LogP contribution >= 0.6 is 0 Å². The fraction of sp³-hybridized carbons (Fsp3) is 0.300. The highest BCUT2D eigenvalue weighted by Crippen LogP contribution is 2.31. The van der Waals surface area contributed by atoms with Crippen LogP contribution < -0.4 is 5.32 Å². The number of carbonyl (C=O) groups excluding carboxylic acids is 1. The van der Waals surface area contributed by atoms with Gasteiger partial charge < -0.3 is 19.5 Å². The molecule has 8 heteroatoms. The van der Waals surface area contributed by atoms with Crippen molar-refractivity contribution in [2.45, 2.75) is 6.92 Å². The molecule has 0 aliphatic carbocycles. The van der Waals surface area contributed by atoms with Crippen LogP contribution in [0.4, 0.5) is 20.3 Å². The number of amides is 1. The average molecular weight is 386 g/mol. The van der Waals surface area contributed by atoms with Crippen LogP contribution in [0.5, 0.6) is 0 Å². The summed E-state index contributed by atoms with van der Waals surface area (Å²) >= 11 is 0. The Kier molecular flexibility index (Phi) is 4.72. The Morgan fingerprint density at radius 2 is 1.86 bits per heavy atom. The van der Waals surface area contributed by atoms with Gasteiger partial charge >= 0.3 is 0 Å². The third kappa shape index (κ3) is 3.31. The maximum absolute atomic E-state index is 13.5. The van der Waals surface area contributed by atoms with Gasteiger partial charge in [-0.05, 0) is 24.6 Å². The molecule has 3 aromatic rings. The molecule has 0 bridgehead atoms. The van der Waals surface area contributed by atoms with E-state index in [2.05, 4.69) is 10.3 Å². The molecule has 0 atom stereocenters. The van der Waals surface area contributed by atoms with Crippen molar-refractivity contribution < 1.29 is 18.3 Å². The lowest BCUT2D eigenvalue weighted by Gasteiger charge is -2.27. The zero-order valence-corrected chi connectivity index (χ0v) is 15.6. The fourth-order valence-electron chi connectivity index (χ4n) is 3.62. The number of pyridine rings is 1. The second kappa shape index (κ2) is 7.20. The zero-order valence-electron chi connectivity index (χ0n) is 15.6. The molecule has 1 N–H and O–H groups in total. The molecule has 6 nitrogen and oxygen atoms in total. The maximum atomic E-state index is 13.5. The first-order valence-corrected chi connectivity index (χ1v) is 8.99. The van der Waals surface area contributed by atoms with Crippen LogP contribution in [0.15, 0.2) is 30.6 Å². The van der Waals surface area contributed by atoms with Gasteiger partial charge in [0.25, 0.3) is 5.91 Å². The average Bonchev–Trinajstić information content (AvgIpc) is 2.96. The van der Waals surface area contributed by atoms with Crippen molar-refractivity contribution in [1.29, 1.82) is 0 Å². The number of morpholine rings is 1. The highest BCUT2D eigenvalue weighted by Gasteiger charge is 2.24. The second-order valence-corrected chi connectivity index (χ2v) is 6.85. The SMILES string of the molecule is Cc1cn(C)c2c(Nc3cc(F)cc(F)c3)ncc(C(=O)N3CCOCC3)c12. The van der Waals surface area contributed by atoms with Gasteiger partial charge in [0.15, 0.2) is 5.82 Å². The van der Waals surface area contributed by atoms with E-state index in [0.29, 0.717) is 43.2 Å². The molecule has 1 amide bonds. The van der Waals surface area contributed by atoms with Crippen LogP contribution in [0.2, 0.25) is 0 Å². The van der Waals surface area contributed by atoms with E-state index in [1.807, 2.05) is 24.7 Å². The summed E-state index contributed by atoms with van der Waals surface area (Å²) in [6, 6.07) is 3.20. The van der Waals surface area contributed by atoms with E-state index >= 15 is 0 Å². The van der Waals surface area contributed by atoms with E-state index in [4.69, 9.17) is 4.74 Å². The number of fused-ring (bicyclic) bond motifs is 1. The normalized spacial score (nSPS) is 14.5. The van der Waals surface area contributed by atoms with Crippen LogP contribution in [0, 0.1) is 18.6 Å². The smallest absolute Gasteiger partial charge is 0.256 e. The zero-order chi connectivity index (χ0) is 19.8. The van der Waals surface area contributed by atoms with Crippen LogP contribution in [-0.2, 0) is 11.8 Å². The summed E-state index contributed by atoms with van der Waals surface area (Å²) in [6.45, 7) is 4.02. The van der Waals surface area contributed by atoms with E-state index < -0.39 is 11.6 Å². The largest absolute Gasteiger partial charge is 0.378 e. The van der Waals surface area contributed by atoms with Gasteiger partial charge in [0.2, 0.25) is 0 Å². The Morgan fingerprint density at radius 3 is 2.54 bits per heavy atom. The summed E-state index contributed by atoms with van der Waals surface area (Å²) in [6.07, 6.45) is 3.42. The van der Waals surface area contributed by atoms with E-state index in [0.717, 1.165) is 17.0 Å². The minimum Gasteiger partial charge on any atom is -0.378 e. The molecule has 0 unspecified atom stereocenters. The van der Waals surface area contributed by atoms with Crippen molar-refractivity contribution in [2.24, 2.45) is 7.05 Å². The van der Waals surface area contributed by atoms with Gasteiger partial charge in [0, 0.05) is 49.7 Å². The van der Waals surface area contributed by atoms with Gasteiger partial charge in [-0.25, -0.2) is 13.8 Å². The summed E-state index contributed by atoms with van der Waals surface area (Å²) in [7, 11) is 1.84. The molecule has 1 aromatic carbocycles. The van der Waals surface area contributed by atoms with Crippen molar-refractivity contribution >= 4 is 28.3 Å². The minimum absolute atomic E-state index is 0.0987. The number of aryl methyl sites for hydroxylation is 2. The summed E-state index contributed by atoms with van der Waals surface area (Å²) in [5.74, 6) is -1.03. The summed E-state index contributed by atoms with van der Waals surface area (Å²) < 4.78 is 34.2. The minimum atomic E-state index is -0.680. The Morgan fingerprint density at radius 1 is 1.18 bits per heavy atom. The van der Waals surface area contributed by atoms with Crippen molar-refractivity contribution in [3.63, 3.8) is 0 Å². The van der Waals surface area contributed by atoms with Crippen LogP contribution in [0.25, 0.3) is 10.9 Å². The van der Waals surface area contributed by atoms with Gasteiger partial charge in [-0.15, -0.1) is 0 Å². The van der Waals surface area contributed by atoms with Crippen molar-refractivity contribution in [3.8, 4) is 0 Å². The highest BCUT2D eigenvalue weighted by atomic mass is 19.1. The molecule has 1 saturated heterocycles. The van der Waals surface area contributed by atoms with E-state index in [1.165, 1.54) is 18.3 Å². The predicted molar refractivity (Wildman–Crippen MR) is 102 cm³/mol. The topological polar surface area (TPSA) is 59.4 Å². The molecule has 0 radical (unpaired) electrons. The number of carbonyl (C=O) groups is 1. The standard InChI is InChI=1S/C20H20F2N4O2/c1-12-11-25(2)18-17(12)16(20(27)26-3-5-28-6-4-26)10-23-19(18)24-15-8-13(21)7-14(22)9-15/h7-11H,3-6H2,1-2H3,(H,23,24). The first-order chi connectivity index (χ1) is 13.4. The highest BCUT2D eigenvalue weighted by molar-refractivity contribution is 6.10. The van der Waals surface area contributed by atoms with Gasteiger partial charge in [0.1, 0.15) is 11.6 Å². The molecule has 3 heterocycles. The number of halogens is 2. The molecule has 28 heavy (non-hydrogen) atoms. The molecular weight excluding hydrogens is 366 g/mol. The monoisotopic (exact) mass is 386 g/mol. The molecule has 1 aliphatic heterocycles. The summed E-state index contributed by atoms with van der Waals surface area (Å²) in [4.78, 5) is 19.2. The summed E-state index contributed by atoms with van der Waals surface area (Å²) in [5.41, 5.74) is 2.37. The first kappa shape index (κ1) is 18.4. The molecular formula is C20H20F2N4O2. The molecule has 0 spiro atoms. The Labute approximate surface area is 160 Å². The number of nitrogens with one attached hydrogen (secondary N) is 1. The molecule has 2 aromatic heterocycles. The third-order valence-corrected chi connectivity index (χ3v) is 4.84. The fourth-order valence-corrected chi connectivity index (χ4v) is 3.62. The predicted octanol–water partition coefficient (Wildman–Crippen LogP) is 3.38. The molecule has 1 fully saturated rings. The van der Waals surface area contributed by atoms with Gasteiger partial charge in [-0.3, -0.25) is 4.79 Å². The number of benzene rings is 1. The van der Waals surface area contributed by atoms with Gasteiger partial charge in [-0.1, -0.05) is 0 Å². The first-order valence-electron chi connectivity index (χ1n) is 8.99. The Hall–Kier alpha value is -3.00. The van der Waals surface area contributed by atoms with E-state index in [-0.39, 0.29) is 11.6 Å². The number of hydrogen-bond acceptors (Lipinski definition) is 4. The number of rotatable bonds is 3. The van der Waals surface area contributed by atoms with Gasteiger partial charge in [0.05, 0.1) is 24.3 Å². The second-order valence-electron chi connectivity index (χ2n) is 6.85. The van der Waals surface area contributed by atoms with Crippen molar-refractivity contribution in [1.82, 2.24) is 14.5 Å². The lowest BCUT2D eigenvalue weighted by molar-refractivity contribution is 0.0304. The molecule has 1 aliphatic rings. The van der Waals surface area contributed by atoms with E-state index in [9.17, 15) is 13.6 Å². The van der Waals surface area contributed by atoms with Crippen LogP contribution in [-0.4, -0.2) is 46.7 Å². The Bertz CT molecular complexity index is 1040. The number of ether oxygens (including phenoxy) is 1. The van der Waals surface area contributed by atoms with Crippen LogP contribution in [0.3, 0.4) is 0 Å². The number of nitrogens with zero attached hydrogens (tertiary/aromatic N) is 3. The molecule has 146 valence electrons. The molecule has 0 saturated carbocycles. The number of anilines is 2. The number of hydrogen-bond donors (Lipinski definition) is 1. The quantitative estimate of drug-likeness (QED) is 0.750. The van der Waals surface area contributed by atoms with Gasteiger partial charge in [-0.2, -0.15) is 0 Å². The molecule has 4 rings (SSSR count).